The molecule has 1 rings (SSSR count). The van der Waals surface area contributed by atoms with Crippen molar-refractivity contribution in [3.05, 3.63) is 33.8 Å². The van der Waals surface area contributed by atoms with Gasteiger partial charge in [-0.05, 0) is 24.6 Å². The van der Waals surface area contributed by atoms with Crippen molar-refractivity contribution in [2.75, 3.05) is 7.11 Å². The lowest BCUT2D eigenvalue weighted by atomic mass is 9.90. The zero-order chi connectivity index (χ0) is 12.3. The summed E-state index contributed by atoms with van der Waals surface area (Å²) in [6.07, 6.45) is 0.0848. The van der Waals surface area contributed by atoms with Crippen molar-refractivity contribution in [1.29, 1.82) is 0 Å². The summed E-state index contributed by atoms with van der Waals surface area (Å²) < 4.78 is 4.58. The molecule has 0 fully saturated rings. The number of carbonyl (C=O) groups is 1. The molecule has 1 atom stereocenters. The van der Waals surface area contributed by atoms with Crippen LogP contribution in [0.15, 0.2) is 18.2 Å². The lowest BCUT2D eigenvalue weighted by Crippen LogP contribution is -2.35. The molecular weight excluding hydrogens is 249 g/mol. The van der Waals surface area contributed by atoms with Crippen molar-refractivity contribution in [2.45, 2.75) is 18.9 Å². The number of ether oxygens (including phenoxy) is 1. The van der Waals surface area contributed by atoms with E-state index in [9.17, 15) is 4.79 Å². The average molecular weight is 262 g/mol. The maximum Gasteiger partial charge on any atom is 0.307 e. The Balaban J connectivity index is 2.97. The van der Waals surface area contributed by atoms with Crippen LogP contribution >= 0.6 is 23.2 Å². The molecule has 1 aromatic rings. The first-order valence-electron chi connectivity index (χ1n) is 4.68. The van der Waals surface area contributed by atoms with Crippen LogP contribution in [0.4, 0.5) is 0 Å². The minimum Gasteiger partial charge on any atom is -0.469 e. The Morgan fingerprint density at radius 2 is 2.06 bits per heavy atom. The van der Waals surface area contributed by atoms with E-state index in [0.717, 1.165) is 5.56 Å². The van der Waals surface area contributed by atoms with E-state index in [4.69, 9.17) is 28.9 Å². The summed E-state index contributed by atoms with van der Waals surface area (Å²) in [7, 11) is 1.33. The maximum atomic E-state index is 11.2. The van der Waals surface area contributed by atoms with E-state index < -0.39 is 5.54 Å². The standard InChI is InChI=1S/C11H13Cl2NO2/c1-11(14,6-10(15)16-2)7-3-4-8(12)9(13)5-7/h3-5H,6,14H2,1-2H3. The molecule has 0 saturated carbocycles. The second kappa shape index (κ2) is 5.04. The molecule has 0 bridgehead atoms. The first kappa shape index (κ1) is 13.3. The molecule has 16 heavy (non-hydrogen) atoms. The van der Waals surface area contributed by atoms with Gasteiger partial charge in [0.2, 0.25) is 0 Å². The minimum atomic E-state index is -0.818. The average Bonchev–Trinajstić information content (AvgIpc) is 2.21. The van der Waals surface area contributed by atoms with Gasteiger partial charge in [0, 0.05) is 5.54 Å². The summed E-state index contributed by atoms with van der Waals surface area (Å²) in [4.78, 5) is 11.2. The minimum absolute atomic E-state index is 0.0848. The zero-order valence-electron chi connectivity index (χ0n) is 9.09. The molecule has 88 valence electrons. The van der Waals surface area contributed by atoms with Gasteiger partial charge in [0.05, 0.1) is 23.6 Å². The van der Waals surface area contributed by atoms with E-state index >= 15 is 0 Å². The fraction of sp³-hybridized carbons (Fsp3) is 0.364. The molecule has 5 heteroatoms. The number of esters is 1. The van der Waals surface area contributed by atoms with Crippen molar-refractivity contribution in [3.8, 4) is 0 Å². The quantitative estimate of drug-likeness (QED) is 0.852. The van der Waals surface area contributed by atoms with Crippen LogP contribution in [0.5, 0.6) is 0 Å². The molecule has 0 saturated heterocycles. The number of hydrogen-bond acceptors (Lipinski definition) is 3. The Morgan fingerprint density at radius 1 is 1.44 bits per heavy atom. The number of methoxy groups -OCH3 is 1. The second-order valence-corrected chi connectivity index (χ2v) is 4.61. The number of carbonyl (C=O) groups excluding carboxylic acids is 1. The van der Waals surface area contributed by atoms with E-state index in [0.29, 0.717) is 10.0 Å². The van der Waals surface area contributed by atoms with Crippen molar-refractivity contribution in [1.82, 2.24) is 0 Å². The molecule has 0 aliphatic heterocycles. The first-order valence-corrected chi connectivity index (χ1v) is 5.43. The Labute approximate surface area is 104 Å². The summed E-state index contributed by atoms with van der Waals surface area (Å²) in [5.41, 5.74) is 5.96. The van der Waals surface area contributed by atoms with Crippen molar-refractivity contribution < 1.29 is 9.53 Å². The molecule has 0 aliphatic rings. The Hall–Kier alpha value is -0.770. The van der Waals surface area contributed by atoms with Gasteiger partial charge in [-0.2, -0.15) is 0 Å². The molecular formula is C11H13Cl2NO2. The predicted molar refractivity (Wildman–Crippen MR) is 64.6 cm³/mol. The van der Waals surface area contributed by atoms with Gasteiger partial charge >= 0.3 is 5.97 Å². The molecule has 1 unspecified atom stereocenters. The van der Waals surface area contributed by atoms with Crippen LogP contribution in [0.3, 0.4) is 0 Å². The van der Waals surface area contributed by atoms with E-state index in [1.807, 2.05) is 0 Å². The molecule has 0 heterocycles. The van der Waals surface area contributed by atoms with E-state index in [-0.39, 0.29) is 12.4 Å². The SMILES string of the molecule is COC(=O)CC(C)(N)c1ccc(Cl)c(Cl)c1. The lowest BCUT2D eigenvalue weighted by Gasteiger charge is -2.24. The Kier molecular flexibility index (Phi) is 4.19. The Bertz CT molecular complexity index is 405. The lowest BCUT2D eigenvalue weighted by molar-refractivity contribution is -0.141. The van der Waals surface area contributed by atoms with Crippen molar-refractivity contribution in [3.63, 3.8) is 0 Å². The summed E-state index contributed by atoms with van der Waals surface area (Å²) in [6.45, 7) is 1.74. The third-order valence-electron chi connectivity index (χ3n) is 2.32. The molecule has 2 N–H and O–H groups in total. The van der Waals surface area contributed by atoms with Gasteiger partial charge in [0.25, 0.3) is 0 Å². The third-order valence-corrected chi connectivity index (χ3v) is 3.06. The van der Waals surface area contributed by atoms with E-state index in [1.165, 1.54) is 7.11 Å². The molecule has 0 aromatic heterocycles. The van der Waals surface area contributed by atoms with Gasteiger partial charge in [0.1, 0.15) is 0 Å². The highest BCUT2D eigenvalue weighted by molar-refractivity contribution is 6.42. The topological polar surface area (TPSA) is 52.3 Å². The number of benzene rings is 1. The van der Waals surface area contributed by atoms with Crippen LogP contribution in [0.2, 0.25) is 10.0 Å². The highest BCUT2D eigenvalue weighted by atomic mass is 35.5. The highest BCUT2D eigenvalue weighted by Crippen LogP contribution is 2.29. The molecule has 0 aliphatic carbocycles. The van der Waals surface area contributed by atoms with Crippen molar-refractivity contribution in [2.24, 2.45) is 5.73 Å². The number of nitrogens with two attached hydrogens (primary N) is 1. The van der Waals surface area contributed by atoms with Crippen LogP contribution in [0, 0.1) is 0 Å². The second-order valence-electron chi connectivity index (χ2n) is 3.80. The fourth-order valence-corrected chi connectivity index (χ4v) is 1.62. The van der Waals surface area contributed by atoms with Gasteiger partial charge in [0.15, 0.2) is 0 Å². The third kappa shape index (κ3) is 3.11. The van der Waals surface area contributed by atoms with Crippen LogP contribution in [-0.4, -0.2) is 13.1 Å². The number of rotatable bonds is 3. The summed E-state index contributed by atoms with van der Waals surface area (Å²) in [6, 6.07) is 5.06. The predicted octanol–water partition coefficient (Wildman–Crippen LogP) is 2.73. The van der Waals surface area contributed by atoms with E-state index in [1.54, 1.807) is 25.1 Å². The summed E-state index contributed by atoms with van der Waals surface area (Å²) in [5.74, 6) is -0.365. The molecule has 0 radical (unpaired) electrons. The van der Waals surface area contributed by atoms with Gasteiger partial charge in [-0.15, -0.1) is 0 Å². The van der Waals surface area contributed by atoms with Crippen molar-refractivity contribution >= 4 is 29.2 Å². The van der Waals surface area contributed by atoms with Gasteiger partial charge < -0.3 is 10.5 Å². The van der Waals surface area contributed by atoms with Crippen LogP contribution in [0.25, 0.3) is 0 Å². The summed E-state index contributed by atoms with van der Waals surface area (Å²) >= 11 is 11.7. The zero-order valence-corrected chi connectivity index (χ0v) is 10.6. The van der Waals surface area contributed by atoms with E-state index in [2.05, 4.69) is 4.74 Å². The van der Waals surface area contributed by atoms with Gasteiger partial charge in [-0.3, -0.25) is 4.79 Å². The monoisotopic (exact) mass is 261 g/mol. The number of halogens is 2. The van der Waals surface area contributed by atoms with Crippen LogP contribution in [0.1, 0.15) is 18.9 Å². The molecule has 3 nitrogen and oxygen atoms in total. The Morgan fingerprint density at radius 3 is 2.56 bits per heavy atom. The first-order chi connectivity index (χ1) is 7.36. The highest BCUT2D eigenvalue weighted by Gasteiger charge is 2.25. The van der Waals surface area contributed by atoms with Gasteiger partial charge in [-0.25, -0.2) is 0 Å². The number of hydrogen-bond donors (Lipinski definition) is 1. The smallest absolute Gasteiger partial charge is 0.307 e. The molecule has 0 spiro atoms. The van der Waals surface area contributed by atoms with Crippen LogP contribution < -0.4 is 5.73 Å². The summed E-state index contributed by atoms with van der Waals surface area (Å²) in [5, 5.41) is 0.875. The molecule has 1 aromatic carbocycles. The largest absolute Gasteiger partial charge is 0.469 e. The van der Waals surface area contributed by atoms with Crippen LogP contribution in [-0.2, 0) is 15.1 Å². The normalized spacial score (nSPS) is 14.3. The maximum absolute atomic E-state index is 11.2. The fourth-order valence-electron chi connectivity index (χ4n) is 1.33. The molecule has 0 amide bonds. The van der Waals surface area contributed by atoms with Gasteiger partial charge in [-0.1, -0.05) is 29.3 Å².